The largest absolute Gasteiger partial charge is 0.370 e. The molecule has 2 heteroatoms. The van der Waals surface area contributed by atoms with E-state index in [4.69, 9.17) is 16.3 Å². The van der Waals surface area contributed by atoms with Crippen LogP contribution in [0.4, 0.5) is 0 Å². The van der Waals surface area contributed by atoms with Crippen LogP contribution < -0.4 is 0 Å². The standard InChI is InChI=1S/C19H25ClO/c20-17-13-18(19(17)11-4-1-5-12-19)21-16-10-6-8-14-7-2-3-9-15(14)16/h2-3,7,9,16-18H,1,4-6,8,10-13H2. The number of fused-ring (bicyclic) bond motifs is 1. The molecule has 3 unspecified atom stereocenters. The Kier molecular flexibility index (Phi) is 3.75. The van der Waals surface area contributed by atoms with Crippen LogP contribution >= 0.6 is 11.6 Å². The third-order valence-electron chi connectivity index (χ3n) is 6.11. The maximum atomic E-state index is 6.63. The minimum Gasteiger partial charge on any atom is -0.370 e. The summed E-state index contributed by atoms with van der Waals surface area (Å²) in [7, 11) is 0. The van der Waals surface area contributed by atoms with Crippen LogP contribution in [-0.4, -0.2) is 11.5 Å². The van der Waals surface area contributed by atoms with Gasteiger partial charge in [-0.3, -0.25) is 0 Å². The van der Waals surface area contributed by atoms with Crippen molar-refractivity contribution in [2.45, 2.75) is 75.4 Å². The average Bonchev–Trinajstić information content (AvgIpc) is 2.55. The second-order valence-corrected chi connectivity index (χ2v) is 7.73. The van der Waals surface area contributed by atoms with Crippen molar-refractivity contribution in [3.05, 3.63) is 35.4 Å². The van der Waals surface area contributed by atoms with Gasteiger partial charge < -0.3 is 4.74 Å². The predicted octanol–water partition coefficient (Wildman–Crippen LogP) is 5.41. The molecule has 2 saturated carbocycles. The molecule has 1 aromatic carbocycles. The Morgan fingerprint density at radius 2 is 1.86 bits per heavy atom. The summed E-state index contributed by atoms with van der Waals surface area (Å²) in [5.41, 5.74) is 3.23. The lowest BCUT2D eigenvalue weighted by atomic mass is 9.58. The van der Waals surface area contributed by atoms with E-state index < -0.39 is 0 Å². The molecular formula is C19H25ClO. The lowest BCUT2D eigenvalue weighted by molar-refractivity contribution is -0.157. The van der Waals surface area contributed by atoms with Crippen molar-refractivity contribution < 1.29 is 4.74 Å². The number of hydrogen-bond acceptors (Lipinski definition) is 1. The number of ether oxygens (including phenoxy) is 1. The first-order valence-corrected chi connectivity index (χ1v) is 9.10. The number of rotatable bonds is 2. The van der Waals surface area contributed by atoms with Gasteiger partial charge in [-0.15, -0.1) is 11.6 Å². The molecule has 2 fully saturated rings. The molecule has 1 nitrogen and oxygen atoms in total. The van der Waals surface area contributed by atoms with E-state index in [9.17, 15) is 0 Å². The molecule has 1 aromatic rings. The van der Waals surface area contributed by atoms with E-state index in [1.807, 2.05) is 0 Å². The van der Waals surface area contributed by atoms with Crippen molar-refractivity contribution in [3.63, 3.8) is 0 Å². The van der Waals surface area contributed by atoms with Gasteiger partial charge in [0.1, 0.15) is 0 Å². The highest BCUT2D eigenvalue weighted by atomic mass is 35.5. The van der Waals surface area contributed by atoms with Crippen LogP contribution in [0.25, 0.3) is 0 Å². The lowest BCUT2D eigenvalue weighted by Crippen LogP contribution is -2.57. The normalized spacial score (nSPS) is 34.2. The molecule has 114 valence electrons. The molecule has 0 heterocycles. The van der Waals surface area contributed by atoms with Crippen LogP contribution in [0.15, 0.2) is 24.3 Å². The SMILES string of the molecule is ClC1CC(OC2CCCc3ccccc32)C12CCCCC2. The van der Waals surface area contributed by atoms with E-state index in [-0.39, 0.29) is 0 Å². The maximum absolute atomic E-state index is 6.63. The molecule has 0 bridgehead atoms. The van der Waals surface area contributed by atoms with Crippen LogP contribution in [0.1, 0.15) is 68.6 Å². The van der Waals surface area contributed by atoms with Gasteiger partial charge in [-0.05, 0) is 49.7 Å². The first-order chi connectivity index (χ1) is 10.3. The molecule has 0 aliphatic heterocycles. The summed E-state index contributed by atoms with van der Waals surface area (Å²) in [4.78, 5) is 0. The highest BCUT2D eigenvalue weighted by molar-refractivity contribution is 6.21. The van der Waals surface area contributed by atoms with Crippen LogP contribution in [0.2, 0.25) is 0 Å². The lowest BCUT2D eigenvalue weighted by Gasteiger charge is -2.56. The van der Waals surface area contributed by atoms with Crippen LogP contribution in [0.5, 0.6) is 0 Å². The van der Waals surface area contributed by atoms with Crippen molar-refractivity contribution in [1.82, 2.24) is 0 Å². The number of hydrogen-bond donors (Lipinski definition) is 0. The fourth-order valence-electron chi connectivity index (χ4n) is 4.78. The molecular weight excluding hydrogens is 280 g/mol. The van der Waals surface area contributed by atoms with Gasteiger partial charge >= 0.3 is 0 Å². The Morgan fingerprint density at radius 3 is 2.67 bits per heavy atom. The van der Waals surface area contributed by atoms with Crippen LogP contribution in [0.3, 0.4) is 0 Å². The number of benzene rings is 1. The first kappa shape index (κ1) is 14.1. The molecule has 3 aliphatic rings. The van der Waals surface area contributed by atoms with E-state index in [2.05, 4.69) is 24.3 Å². The van der Waals surface area contributed by atoms with Gasteiger partial charge in [0.2, 0.25) is 0 Å². The summed E-state index contributed by atoms with van der Waals surface area (Å²) in [5, 5.41) is 0.349. The molecule has 3 atom stereocenters. The highest BCUT2D eigenvalue weighted by Crippen LogP contribution is 2.57. The molecule has 4 rings (SSSR count). The van der Waals surface area contributed by atoms with Gasteiger partial charge in [-0.1, -0.05) is 43.5 Å². The van der Waals surface area contributed by atoms with Crippen molar-refractivity contribution in [2.75, 3.05) is 0 Å². The third kappa shape index (κ3) is 2.33. The third-order valence-corrected chi connectivity index (χ3v) is 6.73. The van der Waals surface area contributed by atoms with Gasteiger partial charge in [0, 0.05) is 10.8 Å². The summed E-state index contributed by atoms with van der Waals surface area (Å²) in [6.07, 6.45) is 12.0. The second kappa shape index (κ2) is 5.59. The summed E-state index contributed by atoms with van der Waals surface area (Å²) < 4.78 is 6.63. The Balaban J connectivity index is 1.52. The molecule has 3 aliphatic carbocycles. The Bertz CT molecular complexity index is 506. The molecule has 0 N–H and O–H groups in total. The summed E-state index contributed by atoms with van der Waals surface area (Å²) >= 11 is 6.62. The minimum atomic E-state index is 0.298. The van der Waals surface area contributed by atoms with Gasteiger partial charge in [0.15, 0.2) is 0 Å². The number of alkyl halides is 1. The minimum absolute atomic E-state index is 0.298. The zero-order valence-corrected chi connectivity index (χ0v) is 13.4. The number of halogens is 1. The van der Waals surface area contributed by atoms with Crippen molar-refractivity contribution >= 4 is 11.6 Å². The Labute approximate surface area is 133 Å². The predicted molar refractivity (Wildman–Crippen MR) is 86.8 cm³/mol. The zero-order valence-electron chi connectivity index (χ0n) is 12.7. The molecule has 21 heavy (non-hydrogen) atoms. The summed E-state index contributed by atoms with van der Waals surface area (Å²) in [6, 6.07) is 8.85. The average molecular weight is 305 g/mol. The van der Waals surface area contributed by atoms with E-state index in [1.54, 1.807) is 0 Å². The first-order valence-electron chi connectivity index (χ1n) is 8.67. The van der Waals surface area contributed by atoms with Crippen LogP contribution in [-0.2, 0) is 11.2 Å². The smallest absolute Gasteiger partial charge is 0.0831 e. The van der Waals surface area contributed by atoms with Crippen molar-refractivity contribution in [1.29, 1.82) is 0 Å². The zero-order chi connectivity index (χ0) is 14.3. The quantitative estimate of drug-likeness (QED) is 0.664. The Morgan fingerprint density at radius 1 is 1.05 bits per heavy atom. The molecule has 0 saturated heterocycles. The number of aryl methyl sites for hydroxylation is 1. The van der Waals surface area contributed by atoms with E-state index >= 15 is 0 Å². The van der Waals surface area contributed by atoms with Crippen molar-refractivity contribution in [3.8, 4) is 0 Å². The van der Waals surface area contributed by atoms with Crippen molar-refractivity contribution in [2.24, 2.45) is 5.41 Å². The van der Waals surface area contributed by atoms with Crippen LogP contribution in [0, 0.1) is 5.41 Å². The van der Waals surface area contributed by atoms with Gasteiger partial charge in [-0.2, -0.15) is 0 Å². The molecule has 0 amide bonds. The van der Waals surface area contributed by atoms with Gasteiger partial charge in [-0.25, -0.2) is 0 Å². The highest BCUT2D eigenvalue weighted by Gasteiger charge is 2.55. The van der Waals surface area contributed by atoms with E-state index in [1.165, 1.54) is 62.5 Å². The summed E-state index contributed by atoms with van der Waals surface area (Å²) in [6.45, 7) is 0. The second-order valence-electron chi connectivity index (χ2n) is 7.20. The molecule has 0 aromatic heterocycles. The fourth-order valence-corrected chi connectivity index (χ4v) is 5.30. The summed E-state index contributed by atoms with van der Waals surface area (Å²) in [5.74, 6) is 0. The monoisotopic (exact) mass is 304 g/mol. The fraction of sp³-hybridized carbons (Fsp3) is 0.684. The Hall–Kier alpha value is -0.530. The topological polar surface area (TPSA) is 9.23 Å². The molecule has 0 radical (unpaired) electrons. The van der Waals surface area contributed by atoms with Gasteiger partial charge in [0.25, 0.3) is 0 Å². The molecule has 1 spiro atoms. The maximum Gasteiger partial charge on any atom is 0.0831 e. The van der Waals surface area contributed by atoms with Gasteiger partial charge in [0.05, 0.1) is 12.2 Å². The van der Waals surface area contributed by atoms with E-state index in [0.717, 1.165) is 6.42 Å². The van der Waals surface area contributed by atoms with E-state index in [0.29, 0.717) is 23.0 Å².